The Morgan fingerprint density at radius 1 is 1.18 bits per heavy atom. The Morgan fingerprint density at radius 2 is 1.88 bits per heavy atom. The molecule has 1 amide bonds. The van der Waals surface area contributed by atoms with Gasteiger partial charge in [-0.2, -0.15) is 0 Å². The number of aliphatic hydroxyl groups is 1. The molecule has 33 heavy (non-hydrogen) atoms. The van der Waals surface area contributed by atoms with E-state index in [4.69, 9.17) is 14.6 Å². The molecule has 1 aliphatic heterocycles. The third-order valence-electron chi connectivity index (χ3n) is 5.69. The van der Waals surface area contributed by atoms with Crippen molar-refractivity contribution in [2.24, 2.45) is 0 Å². The summed E-state index contributed by atoms with van der Waals surface area (Å²) in [6, 6.07) is 10.6. The lowest BCUT2D eigenvalue weighted by molar-refractivity contribution is -0.129. The summed E-state index contributed by atoms with van der Waals surface area (Å²) in [5.41, 5.74) is 0.717. The van der Waals surface area contributed by atoms with Crippen LogP contribution in [0.1, 0.15) is 73.2 Å². The number of amides is 1. The first-order valence-electron chi connectivity index (χ1n) is 11.1. The van der Waals surface area contributed by atoms with Crippen molar-refractivity contribution < 1.29 is 33.7 Å². The smallest absolute Gasteiger partial charge is 0.335 e. The lowest BCUT2D eigenvalue weighted by Gasteiger charge is -2.43. The number of halogens is 1. The lowest BCUT2D eigenvalue weighted by Crippen LogP contribution is -2.51. The zero-order chi connectivity index (χ0) is 24.0. The highest BCUT2D eigenvalue weighted by Crippen LogP contribution is 2.46. The van der Waals surface area contributed by atoms with Crippen LogP contribution in [0, 0.1) is 5.82 Å². The van der Waals surface area contributed by atoms with Crippen molar-refractivity contribution in [3.05, 3.63) is 65.0 Å². The number of nitrogens with one attached hydrogen (secondary N) is 1. The maximum atomic E-state index is 13.5. The van der Waals surface area contributed by atoms with Crippen LogP contribution in [-0.4, -0.2) is 40.8 Å². The molecule has 3 rings (SSSR count). The molecule has 3 N–H and O–H groups in total. The van der Waals surface area contributed by atoms with Gasteiger partial charge in [0.15, 0.2) is 0 Å². The molecule has 1 aliphatic rings. The highest BCUT2D eigenvalue weighted by molar-refractivity contribution is 5.88. The molecule has 0 aliphatic carbocycles. The van der Waals surface area contributed by atoms with Gasteiger partial charge in [-0.1, -0.05) is 19.1 Å². The zero-order valence-corrected chi connectivity index (χ0v) is 18.8. The quantitative estimate of drug-likeness (QED) is 0.520. The van der Waals surface area contributed by atoms with Crippen LogP contribution in [0.4, 0.5) is 4.39 Å². The summed E-state index contributed by atoms with van der Waals surface area (Å²) >= 11 is 0. The monoisotopic (exact) mass is 459 g/mol. The van der Waals surface area contributed by atoms with Crippen molar-refractivity contribution in [3.8, 4) is 5.75 Å². The van der Waals surface area contributed by atoms with Gasteiger partial charge in [-0.3, -0.25) is 4.79 Å². The summed E-state index contributed by atoms with van der Waals surface area (Å²) in [7, 11) is 0. The highest BCUT2D eigenvalue weighted by Gasteiger charge is 2.41. The number of carboxylic acid groups (broad SMARTS) is 1. The summed E-state index contributed by atoms with van der Waals surface area (Å²) < 4.78 is 25.8. The zero-order valence-electron chi connectivity index (χ0n) is 18.8. The molecule has 178 valence electrons. The van der Waals surface area contributed by atoms with Gasteiger partial charge in [0.25, 0.3) is 0 Å². The third-order valence-corrected chi connectivity index (χ3v) is 5.69. The topological polar surface area (TPSA) is 105 Å². The SMILES string of the molecule is CCCOc1ccc(C(=O)O)cc1[C@H]1C[C@@](C)(NC(=O)CCO)C[C@@H](c2ccc(F)cc2)O1. The highest BCUT2D eigenvalue weighted by atomic mass is 19.1. The van der Waals surface area contributed by atoms with Gasteiger partial charge in [-0.15, -0.1) is 0 Å². The summed E-state index contributed by atoms with van der Waals surface area (Å²) in [6.45, 7) is 4.06. The van der Waals surface area contributed by atoms with Gasteiger partial charge in [0.1, 0.15) is 11.6 Å². The molecule has 0 radical (unpaired) electrons. The first kappa shape index (κ1) is 24.7. The molecule has 0 saturated carbocycles. The normalized spacial score (nSPS) is 22.5. The molecule has 0 spiro atoms. The van der Waals surface area contributed by atoms with Crippen LogP contribution < -0.4 is 10.1 Å². The van der Waals surface area contributed by atoms with Crippen LogP contribution in [-0.2, 0) is 9.53 Å². The summed E-state index contributed by atoms with van der Waals surface area (Å²) in [6.07, 6.45) is 0.486. The fourth-order valence-electron chi connectivity index (χ4n) is 4.13. The summed E-state index contributed by atoms with van der Waals surface area (Å²) in [4.78, 5) is 24.0. The van der Waals surface area contributed by atoms with Crippen LogP contribution in [0.3, 0.4) is 0 Å². The first-order valence-corrected chi connectivity index (χ1v) is 11.1. The maximum Gasteiger partial charge on any atom is 0.335 e. The van der Waals surface area contributed by atoms with Gasteiger partial charge in [0.05, 0.1) is 31.0 Å². The minimum Gasteiger partial charge on any atom is -0.493 e. The fraction of sp³-hybridized carbons (Fsp3) is 0.440. The Labute approximate surface area is 192 Å². The number of carboxylic acids is 1. The lowest BCUT2D eigenvalue weighted by atomic mass is 9.81. The van der Waals surface area contributed by atoms with Gasteiger partial charge >= 0.3 is 5.97 Å². The minimum atomic E-state index is -1.07. The fourth-order valence-corrected chi connectivity index (χ4v) is 4.13. The predicted molar refractivity (Wildman–Crippen MR) is 120 cm³/mol. The van der Waals surface area contributed by atoms with E-state index in [9.17, 15) is 19.1 Å². The predicted octanol–water partition coefficient (Wildman–Crippen LogP) is 4.16. The van der Waals surface area contributed by atoms with E-state index in [0.29, 0.717) is 30.8 Å². The molecule has 8 heteroatoms. The van der Waals surface area contributed by atoms with Crippen LogP contribution >= 0.6 is 0 Å². The number of hydrogen-bond donors (Lipinski definition) is 3. The molecule has 1 fully saturated rings. The number of carbonyl (C=O) groups excluding carboxylic acids is 1. The van der Waals surface area contributed by atoms with Crippen molar-refractivity contribution in [2.45, 2.75) is 57.3 Å². The van der Waals surface area contributed by atoms with E-state index in [-0.39, 0.29) is 30.3 Å². The Bertz CT molecular complexity index is 979. The number of benzene rings is 2. The molecule has 0 unspecified atom stereocenters. The maximum absolute atomic E-state index is 13.5. The Balaban J connectivity index is 2.01. The number of carbonyl (C=O) groups is 2. The number of aliphatic hydroxyl groups excluding tert-OH is 1. The van der Waals surface area contributed by atoms with Crippen molar-refractivity contribution in [3.63, 3.8) is 0 Å². The van der Waals surface area contributed by atoms with Gasteiger partial charge in [0.2, 0.25) is 5.91 Å². The molecule has 1 heterocycles. The van der Waals surface area contributed by atoms with E-state index in [0.717, 1.165) is 12.0 Å². The number of hydrogen-bond acceptors (Lipinski definition) is 5. The third kappa shape index (κ3) is 6.30. The van der Waals surface area contributed by atoms with Gasteiger partial charge in [-0.05, 0) is 49.2 Å². The molecular weight excluding hydrogens is 429 g/mol. The van der Waals surface area contributed by atoms with Crippen LogP contribution in [0.2, 0.25) is 0 Å². The van der Waals surface area contributed by atoms with Crippen LogP contribution in [0.25, 0.3) is 0 Å². The molecule has 0 aromatic heterocycles. The number of aromatic carboxylic acids is 1. The average Bonchev–Trinajstić information content (AvgIpc) is 2.77. The second-order valence-corrected chi connectivity index (χ2v) is 8.56. The van der Waals surface area contributed by atoms with E-state index in [2.05, 4.69) is 5.32 Å². The van der Waals surface area contributed by atoms with E-state index in [1.807, 2.05) is 13.8 Å². The second kappa shape index (κ2) is 10.8. The second-order valence-electron chi connectivity index (χ2n) is 8.56. The summed E-state index contributed by atoms with van der Waals surface area (Å²) in [5.74, 6) is -1.20. The van der Waals surface area contributed by atoms with Crippen LogP contribution in [0.15, 0.2) is 42.5 Å². The Morgan fingerprint density at radius 3 is 2.52 bits per heavy atom. The molecule has 2 aromatic rings. The molecule has 3 atom stereocenters. The van der Waals surface area contributed by atoms with Crippen molar-refractivity contribution in [1.29, 1.82) is 0 Å². The number of rotatable bonds is 9. The largest absolute Gasteiger partial charge is 0.493 e. The van der Waals surface area contributed by atoms with Crippen molar-refractivity contribution in [2.75, 3.05) is 13.2 Å². The van der Waals surface area contributed by atoms with E-state index < -0.39 is 23.7 Å². The van der Waals surface area contributed by atoms with Crippen molar-refractivity contribution >= 4 is 11.9 Å². The summed E-state index contributed by atoms with van der Waals surface area (Å²) in [5, 5.41) is 21.7. The van der Waals surface area contributed by atoms with Crippen molar-refractivity contribution in [1.82, 2.24) is 5.32 Å². The Hall–Kier alpha value is -2.97. The molecular formula is C25H30FNO6. The van der Waals surface area contributed by atoms with Crippen LogP contribution in [0.5, 0.6) is 5.75 Å². The van der Waals surface area contributed by atoms with E-state index in [1.54, 1.807) is 24.3 Å². The minimum absolute atomic E-state index is 0.0261. The van der Waals surface area contributed by atoms with E-state index in [1.165, 1.54) is 18.2 Å². The van der Waals surface area contributed by atoms with E-state index >= 15 is 0 Å². The number of ether oxygens (including phenoxy) is 2. The molecule has 0 bridgehead atoms. The standard InChI is InChI=1S/C25H30FNO6/c1-3-12-32-20-9-6-17(24(30)31)13-19(20)22-15-25(2,27-23(29)10-11-28)14-21(33-22)16-4-7-18(26)8-5-16/h4-9,13,21-22,28H,3,10-12,14-15H2,1-2H3,(H,27,29)(H,30,31)/t21-,22+,25-/m0/s1. The molecule has 7 nitrogen and oxygen atoms in total. The first-order chi connectivity index (χ1) is 15.7. The Kier molecular flexibility index (Phi) is 8.05. The van der Waals surface area contributed by atoms with Gasteiger partial charge < -0.3 is 25.0 Å². The van der Waals surface area contributed by atoms with Gasteiger partial charge in [-0.25, -0.2) is 9.18 Å². The average molecular weight is 460 g/mol. The molecule has 1 saturated heterocycles. The molecule has 2 aromatic carbocycles. The van der Waals surface area contributed by atoms with Gasteiger partial charge in [0, 0.05) is 30.4 Å².